The molecule has 2 fully saturated rings. The van der Waals surface area contributed by atoms with Crippen molar-refractivity contribution in [3.63, 3.8) is 0 Å². The Bertz CT molecular complexity index is 2560. The zero-order chi connectivity index (χ0) is 49.0. The summed E-state index contributed by atoms with van der Waals surface area (Å²) in [6, 6.07) is 30.1. The fraction of sp³-hybridized carbons (Fsp3) is 0.382. The van der Waals surface area contributed by atoms with Crippen LogP contribution in [-0.4, -0.2) is 31.8 Å². The molecule has 0 radical (unpaired) electrons. The lowest BCUT2D eigenvalue weighted by Crippen LogP contribution is -2.29. The number of nitrogens with zero attached hydrogens (tertiary/aromatic N) is 4. The lowest BCUT2D eigenvalue weighted by molar-refractivity contribution is -0.139. The lowest BCUT2D eigenvalue weighted by Gasteiger charge is -2.17. The van der Waals surface area contributed by atoms with E-state index in [0.717, 1.165) is 51.3 Å². The molecule has 1 atom stereocenters. The zero-order valence-corrected chi connectivity index (χ0v) is 38.2. The molecule has 0 spiro atoms. The van der Waals surface area contributed by atoms with Crippen molar-refractivity contribution in [3.05, 3.63) is 188 Å². The van der Waals surface area contributed by atoms with Gasteiger partial charge in [-0.25, -0.2) is 19.9 Å². The molecule has 2 heterocycles. The second-order valence-corrected chi connectivity index (χ2v) is 18.3. The highest BCUT2D eigenvalue weighted by molar-refractivity contribution is 5.91. The van der Waals surface area contributed by atoms with Gasteiger partial charge in [0.25, 0.3) is 0 Å². The summed E-state index contributed by atoms with van der Waals surface area (Å²) in [5.41, 5.74) is 21.3. The number of carbonyl (C=O) groups excluding carboxylic acids is 2. The second-order valence-electron chi connectivity index (χ2n) is 18.3. The van der Waals surface area contributed by atoms with E-state index in [1.54, 1.807) is 0 Å². The second kappa shape index (κ2) is 22.1. The van der Waals surface area contributed by atoms with Crippen molar-refractivity contribution in [1.82, 2.24) is 19.9 Å². The number of nitrogens with two attached hydrogens (primary N) is 3. The number of rotatable bonds is 16. The lowest BCUT2D eigenvalue weighted by atomic mass is 9.88. The van der Waals surface area contributed by atoms with Crippen molar-refractivity contribution < 1.29 is 35.9 Å². The number of aromatic nitrogens is 4. The van der Waals surface area contributed by atoms with Crippen molar-refractivity contribution in [1.29, 1.82) is 0 Å². The molecule has 1 unspecified atom stereocenters. The standard InChI is InChI=1S/C27H28F3N3O.C26H27F3N4O.2CH4/c1-17(2)19-9-7-18(8-10-19)15-24-32-16-22(27(28,29)30)23(33-24)12-11-20-5-3-4-6-21(20)26(13-14-26)25(31)34;1-16(30)18-8-6-17(7-9-18)14-23-32-15-21(26(27,28)29)22(33-23)11-10-19-4-2-3-5-20(19)25(12-13-25)24(31)34;;/h3-10,16-17H,11-15H2,1-2H3,(H2,31,34);2-9,15-16H,10-14,30H2,1H3,(H2,31,34);2*1H4. The van der Waals surface area contributed by atoms with Crippen LogP contribution in [-0.2, 0) is 71.3 Å². The smallest absolute Gasteiger partial charge is 0.369 e. The minimum atomic E-state index is -4.56. The number of hydrogen-bond acceptors (Lipinski definition) is 7. The number of benzene rings is 4. The molecule has 0 saturated heterocycles. The van der Waals surface area contributed by atoms with E-state index in [4.69, 9.17) is 17.2 Å². The first kappa shape index (κ1) is 54.5. The summed E-state index contributed by atoms with van der Waals surface area (Å²) in [6.07, 6.45) is -3.24. The van der Waals surface area contributed by atoms with Gasteiger partial charge < -0.3 is 17.2 Å². The zero-order valence-electron chi connectivity index (χ0n) is 38.2. The Labute approximate surface area is 406 Å². The molecule has 2 aromatic heterocycles. The summed E-state index contributed by atoms with van der Waals surface area (Å²) in [5, 5.41) is 0. The molecule has 2 aliphatic carbocycles. The summed E-state index contributed by atoms with van der Waals surface area (Å²) >= 11 is 0. The summed E-state index contributed by atoms with van der Waals surface area (Å²) in [5.74, 6) is 0.291. The van der Waals surface area contributed by atoms with Crippen LogP contribution in [0.2, 0.25) is 0 Å². The van der Waals surface area contributed by atoms with E-state index < -0.39 is 40.2 Å². The van der Waals surface area contributed by atoms with Gasteiger partial charge in [0.15, 0.2) is 0 Å². The number of aryl methyl sites for hydroxylation is 4. The Kier molecular flexibility index (Phi) is 17.2. The third kappa shape index (κ3) is 12.6. The third-order valence-electron chi connectivity index (χ3n) is 13.1. The van der Waals surface area contributed by atoms with Gasteiger partial charge >= 0.3 is 12.4 Å². The number of amides is 2. The van der Waals surface area contributed by atoms with Gasteiger partial charge in [0, 0.05) is 31.3 Å². The molecule has 2 aliphatic rings. The van der Waals surface area contributed by atoms with Crippen molar-refractivity contribution >= 4 is 11.8 Å². The van der Waals surface area contributed by atoms with Crippen molar-refractivity contribution in [2.45, 2.75) is 135 Å². The first-order chi connectivity index (χ1) is 32.2. The summed E-state index contributed by atoms with van der Waals surface area (Å²) in [6.45, 7) is 6.09. The van der Waals surface area contributed by atoms with Crippen LogP contribution in [0.4, 0.5) is 26.3 Å². The van der Waals surface area contributed by atoms with E-state index in [9.17, 15) is 35.9 Å². The average molecular weight is 968 g/mol. The number of carbonyl (C=O) groups is 2. The maximum absolute atomic E-state index is 13.7. The van der Waals surface area contributed by atoms with Crippen LogP contribution in [0.25, 0.3) is 0 Å². The molecule has 70 heavy (non-hydrogen) atoms. The predicted octanol–water partition coefficient (Wildman–Crippen LogP) is 11.2. The van der Waals surface area contributed by atoms with E-state index in [-0.39, 0.29) is 51.0 Å². The van der Waals surface area contributed by atoms with E-state index in [1.165, 1.54) is 5.56 Å². The van der Waals surface area contributed by atoms with Gasteiger partial charge in [-0.3, -0.25) is 9.59 Å². The molecule has 9 nitrogen and oxygen atoms in total. The molecule has 2 amide bonds. The number of halogens is 6. The minimum Gasteiger partial charge on any atom is -0.369 e. The van der Waals surface area contributed by atoms with Gasteiger partial charge in [-0.15, -0.1) is 0 Å². The largest absolute Gasteiger partial charge is 0.419 e. The number of primary amides is 2. The molecule has 6 aromatic rings. The van der Waals surface area contributed by atoms with Crippen LogP contribution in [0.5, 0.6) is 0 Å². The predicted molar refractivity (Wildman–Crippen MR) is 261 cm³/mol. The van der Waals surface area contributed by atoms with Crippen LogP contribution < -0.4 is 17.2 Å². The van der Waals surface area contributed by atoms with Crippen molar-refractivity contribution in [2.24, 2.45) is 17.2 Å². The highest BCUT2D eigenvalue weighted by Gasteiger charge is 2.52. The van der Waals surface area contributed by atoms with Gasteiger partial charge in [0.05, 0.1) is 33.3 Å². The monoisotopic (exact) mass is 967 g/mol. The molecule has 372 valence electrons. The Balaban J connectivity index is 0.000000254. The molecule has 15 heteroatoms. The van der Waals surface area contributed by atoms with E-state index >= 15 is 0 Å². The van der Waals surface area contributed by atoms with Gasteiger partial charge in [-0.2, -0.15) is 26.3 Å². The molecule has 4 aromatic carbocycles. The van der Waals surface area contributed by atoms with E-state index in [1.807, 2.05) is 104 Å². The van der Waals surface area contributed by atoms with Crippen LogP contribution in [0, 0.1) is 0 Å². The van der Waals surface area contributed by atoms with Crippen molar-refractivity contribution in [2.75, 3.05) is 0 Å². The summed E-state index contributed by atoms with van der Waals surface area (Å²) in [7, 11) is 0. The first-order valence-corrected chi connectivity index (χ1v) is 22.7. The van der Waals surface area contributed by atoms with Gasteiger partial charge in [-0.05, 0) is 109 Å². The van der Waals surface area contributed by atoms with Crippen LogP contribution in [0.3, 0.4) is 0 Å². The molecule has 0 aliphatic heterocycles. The van der Waals surface area contributed by atoms with Crippen LogP contribution in [0.1, 0.15) is 152 Å². The Morgan fingerprint density at radius 1 is 0.557 bits per heavy atom. The quantitative estimate of drug-likeness (QED) is 0.0813. The third-order valence-corrected chi connectivity index (χ3v) is 13.1. The van der Waals surface area contributed by atoms with Gasteiger partial charge in [0.2, 0.25) is 11.8 Å². The first-order valence-electron chi connectivity index (χ1n) is 22.7. The number of hydrogen-bond donors (Lipinski definition) is 3. The molecule has 8 rings (SSSR count). The molecule has 0 bridgehead atoms. The summed E-state index contributed by atoms with van der Waals surface area (Å²) in [4.78, 5) is 40.7. The highest BCUT2D eigenvalue weighted by atomic mass is 19.4. The Morgan fingerprint density at radius 2 is 0.914 bits per heavy atom. The van der Waals surface area contributed by atoms with E-state index in [2.05, 4.69) is 33.8 Å². The van der Waals surface area contributed by atoms with Crippen LogP contribution >= 0.6 is 0 Å². The van der Waals surface area contributed by atoms with Gasteiger partial charge in [-0.1, -0.05) is 126 Å². The molecular formula is C55H63F6N7O2. The maximum atomic E-state index is 13.7. The van der Waals surface area contributed by atoms with Crippen molar-refractivity contribution in [3.8, 4) is 0 Å². The summed E-state index contributed by atoms with van der Waals surface area (Å²) < 4.78 is 82.1. The fourth-order valence-corrected chi connectivity index (χ4v) is 8.73. The highest BCUT2D eigenvalue weighted by Crippen LogP contribution is 2.50. The number of alkyl halides is 6. The van der Waals surface area contributed by atoms with Crippen LogP contribution in [0.15, 0.2) is 109 Å². The molecular weight excluding hydrogens is 905 g/mol. The average Bonchev–Trinajstić information content (AvgIpc) is 4.24. The molecule has 6 N–H and O–H groups in total. The Morgan fingerprint density at radius 3 is 1.23 bits per heavy atom. The fourth-order valence-electron chi connectivity index (χ4n) is 8.73. The van der Waals surface area contributed by atoms with Gasteiger partial charge in [0.1, 0.15) is 11.6 Å². The maximum Gasteiger partial charge on any atom is 0.419 e. The topological polar surface area (TPSA) is 164 Å². The SMILES string of the molecule is C.C.CC(C)c1ccc(Cc2ncc(C(F)(F)F)c(CCc3ccccc3C3(C(N)=O)CC3)n2)cc1.CC(N)c1ccc(Cc2ncc(C(F)(F)F)c(CCc3ccccc3C3(C(N)=O)CC3)n2)cc1. The van der Waals surface area contributed by atoms with E-state index in [0.29, 0.717) is 68.9 Å². The minimum absolute atomic E-state index is 0. The normalized spacial score (nSPS) is 14.8. The Hall–Kier alpha value is -6.48. The molecule has 2 saturated carbocycles.